The zero-order valence-corrected chi connectivity index (χ0v) is 11.0. The van der Waals surface area contributed by atoms with Crippen molar-refractivity contribution in [1.29, 1.82) is 5.26 Å². The second-order valence-electron chi connectivity index (χ2n) is 4.93. The largest absolute Gasteiger partial charge is 0.313 e. The van der Waals surface area contributed by atoms with E-state index in [4.69, 9.17) is 5.26 Å². The third kappa shape index (κ3) is 2.46. The summed E-state index contributed by atoms with van der Waals surface area (Å²) in [5.74, 6) is 0. The first kappa shape index (κ1) is 12.6. The predicted octanol–water partition coefficient (Wildman–Crippen LogP) is 1.20. The maximum atomic E-state index is 11.7. The van der Waals surface area contributed by atoms with Gasteiger partial charge in [0.15, 0.2) is 0 Å². The summed E-state index contributed by atoms with van der Waals surface area (Å²) in [6.07, 6.45) is 2.20. The smallest absolute Gasteiger partial charge is 0.254 e. The van der Waals surface area contributed by atoms with Crippen LogP contribution in [0.25, 0.3) is 0 Å². The highest BCUT2D eigenvalue weighted by Gasteiger charge is 2.19. The molecule has 3 rings (SSSR count). The van der Waals surface area contributed by atoms with Crippen molar-refractivity contribution >= 4 is 0 Å². The van der Waals surface area contributed by atoms with Crippen LogP contribution in [-0.4, -0.2) is 21.4 Å². The monoisotopic (exact) mass is 266 g/mol. The Labute approximate surface area is 116 Å². The first-order valence-electron chi connectivity index (χ1n) is 6.53. The SMILES string of the molecule is N#Cc1ccc(CN2CCc3c(nc[nH]c3=O)C2)cc1. The van der Waals surface area contributed by atoms with Crippen molar-refractivity contribution < 1.29 is 0 Å². The van der Waals surface area contributed by atoms with Crippen LogP contribution in [0.4, 0.5) is 0 Å². The van der Waals surface area contributed by atoms with Crippen molar-refractivity contribution in [3.63, 3.8) is 0 Å². The Morgan fingerprint density at radius 3 is 2.90 bits per heavy atom. The van der Waals surface area contributed by atoms with E-state index in [-0.39, 0.29) is 5.56 Å². The number of hydrogen-bond donors (Lipinski definition) is 1. The molecule has 1 aliphatic heterocycles. The number of fused-ring (bicyclic) bond motifs is 1. The van der Waals surface area contributed by atoms with Crippen LogP contribution in [0.5, 0.6) is 0 Å². The van der Waals surface area contributed by atoms with E-state index in [2.05, 4.69) is 20.9 Å². The predicted molar refractivity (Wildman–Crippen MR) is 73.8 cm³/mol. The van der Waals surface area contributed by atoms with Gasteiger partial charge >= 0.3 is 0 Å². The molecule has 0 radical (unpaired) electrons. The number of nitrogens with zero attached hydrogens (tertiary/aromatic N) is 3. The highest BCUT2D eigenvalue weighted by atomic mass is 16.1. The third-order valence-corrected chi connectivity index (χ3v) is 3.58. The van der Waals surface area contributed by atoms with Crippen LogP contribution in [0.3, 0.4) is 0 Å². The lowest BCUT2D eigenvalue weighted by molar-refractivity contribution is 0.240. The molecule has 5 nitrogen and oxygen atoms in total. The molecule has 0 spiro atoms. The van der Waals surface area contributed by atoms with Gasteiger partial charge in [0.1, 0.15) is 0 Å². The minimum atomic E-state index is -0.0203. The summed E-state index contributed by atoms with van der Waals surface area (Å²) in [5, 5.41) is 8.78. The highest BCUT2D eigenvalue weighted by molar-refractivity contribution is 5.31. The second-order valence-corrected chi connectivity index (χ2v) is 4.93. The van der Waals surface area contributed by atoms with Gasteiger partial charge in [-0.1, -0.05) is 12.1 Å². The molecule has 2 aromatic rings. The van der Waals surface area contributed by atoms with Gasteiger partial charge in [-0.25, -0.2) is 4.98 Å². The van der Waals surface area contributed by atoms with Gasteiger partial charge in [0, 0.05) is 25.2 Å². The van der Waals surface area contributed by atoms with Gasteiger partial charge in [-0.15, -0.1) is 0 Å². The Morgan fingerprint density at radius 1 is 1.35 bits per heavy atom. The third-order valence-electron chi connectivity index (χ3n) is 3.58. The van der Waals surface area contributed by atoms with E-state index in [0.717, 1.165) is 36.3 Å². The normalized spacial score (nSPS) is 14.6. The van der Waals surface area contributed by atoms with E-state index < -0.39 is 0 Å². The molecule has 1 aliphatic rings. The van der Waals surface area contributed by atoms with E-state index in [1.54, 1.807) is 0 Å². The zero-order chi connectivity index (χ0) is 13.9. The van der Waals surface area contributed by atoms with Crippen LogP contribution in [-0.2, 0) is 19.5 Å². The molecule has 100 valence electrons. The summed E-state index contributed by atoms with van der Waals surface area (Å²) in [6, 6.07) is 9.72. The van der Waals surface area contributed by atoms with Gasteiger partial charge in [0.05, 0.1) is 23.7 Å². The van der Waals surface area contributed by atoms with Crippen molar-refractivity contribution in [2.45, 2.75) is 19.5 Å². The average Bonchev–Trinajstić information content (AvgIpc) is 2.48. The average molecular weight is 266 g/mol. The molecule has 0 atom stereocenters. The molecule has 1 aromatic carbocycles. The van der Waals surface area contributed by atoms with Gasteiger partial charge in [0.2, 0.25) is 0 Å². The molecule has 5 heteroatoms. The number of aromatic amines is 1. The molecule has 0 saturated carbocycles. The number of rotatable bonds is 2. The van der Waals surface area contributed by atoms with Gasteiger partial charge in [-0.05, 0) is 24.1 Å². The quantitative estimate of drug-likeness (QED) is 0.886. The van der Waals surface area contributed by atoms with Crippen molar-refractivity contribution in [1.82, 2.24) is 14.9 Å². The van der Waals surface area contributed by atoms with Crippen molar-refractivity contribution in [2.24, 2.45) is 0 Å². The summed E-state index contributed by atoms with van der Waals surface area (Å²) < 4.78 is 0. The van der Waals surface area contributed by atoms with Crippen LogP contribution in [0.2, 0.25) is 0 Å². The van der Waals surface area contributed by atoms with Crippen LogP contribution in [0.15, 0.2) is 35.4 Å². The van der Waals surface area contributed by atoms with Crippen LogP contribution >= 0.6 is 0 Å². The molecule has 1 N–H and O–H groups in total. The van der Waals surface area contributed by atoms with Crippen LogP contribution in [0.1, 0.15) is 22.4 Å². The molecule has 20 heavy (non-hydrogen) atoms. The Bertz CT molecular complexity index is 712. The maximum absolute atomic E-state index is 11.7. The number of hydrogen-bond acceptors (Lipinski definition) is 4. The molecule has 1 aromatic heterocycles. The van der Waals surface area contributed by atoms with Crippen molar-refractivity contribution in [2.75, 3.05) is 6.54 Å². The van der Waals surface area contributed by atoms with E-state index in [1.165, 1.54) is 6.33 Å². The van der Waals surface area contributed by atoms with E-state index in [1.807, 2.05) is 24.3 Å². The molecule has 0 bridgehead atoms. The topological polar surface area (TPSA) is 72.8 Å². The number of H-pyrrole nitrogens is 1. The van der Waals surface area contributed by atoms with Crippen LogP contribution < -0.4 is 5.56 Å². The summed E-state index contributed by atoms with van der Waals surface area (Å²) in [6.45, 7) is 2.35. The standard InChI is InChI=1S/C15H14N4O/c16-7-11-1-3-12(4-2-11)8-19-6-5-13-14(9-19)17-10-18-15(13)20/h1-4,10H,5-6,8-9H2,(H,17,18,20). The molecular formula is C15H14N4O. The number of aromatic nitrogens is 2. The lowest BCUT2D eigenvalue weighted by atomic mass is 10.1. The fraction of sp³-hybridized carbons (Fsp3) is 0.267. The fourth-order valence-corrected chi connectivity index (χ4v) is 2.50. The molecular weight excluding hydrogens is 252 g/mol. The zero-order valence-electron chi connectivity index (χ0n) is 11.0. The Kier molecular flexibility index (Phi) is 3.32. The van der Waals surface area contributed by atoms with Crippen molar-refractivity contribution in [3.05, 3.63) is 63.3 Å². The summed E-state index contributed by atoms with van der Waals surface area (Å²) in [4.78, 5) is 20.8. The Morgan fingerprint density at radius 2 is 2.15 bits per heavy atom. The first-order valence-corrected chi connectivity index (χ1v) is 6.53. The number of benzene rings is 1. The van der Waals surface area contributed by atoms with Gasteiger partial charge in [0.25, 0.3) is 5.56 Å². The lowest BCUT2D eigenvalue weighted by Crippen LogP contribution is -2.34. The molecule has 0 unspecified atom stereocenters. The fourth-order valence-electron chi connectivity index (χ4n) is 2.50. The lowest BCUT2D eigenvalue weighted by Gasteiger charge is -2.27. The van der Waals surface area contributed by atoms with Crippen LogP contribution in [0, 0.1) is 11.3 Å². The van der Waals surface area contributed by atoms with Gasteiger partial charge in [-0.3, -0.25) is 9.69 Å². The minimum absolute atomic E-state index is 0.0203. The van der Waals surface area contributed by atoms with Gasteiger partial charge in [-0.2, -0.15) is 5.26 Å². The number of nitrogens with one attached hydrogen (secondary N) is 1. The first-order chi connectivity index (χ1) is 9.76. The Hall–Kier alpha value is -2.45. The molecule has 0 fully saturated rings. The van der Waals surface area contributed by atoms with E-state index >= 15 is 0 Å². The molecule has 0 aliphatic carbocycles. The molecule has 2 heterocycles. The maximum Gasteiger partial charge on any atom is 0.254 e. The van der Waals surface area contributed by atoms with Gasteiger partial charge < -0.3 is 4.98 Å². The molecule has 0 amide bonds. The summed E-state index contributed by atoms with van der Waals surface area (Å²) >= 11 is 0. The second kappa shape index (κ2) is 5.27. The van der Waals surface area contributed by atoms with E-state index in [9.17, 15) is 4.79 Å². The van der Waals surface area contributed by atoms with Crippen molar-refractivity contribution in [3.8, 4) is 6.07 Å². The number of nitriles is 1. The molecule has 0 saturated heterocycles. The summed E-state index contributed by atoms with van der Waals surface area (Å²) in [5.41, 5.74) is 3.49. The Balaban J connectivity index is 1.74. The van der Waals surface area contributed by atoms with E-state index in [0.29, 0.717) is 12.1 Å². The summed E-state index contributed by atoms with van der Waals surface area (Å²) in [7, 11) is 0. The minimum Gasteiger partial charge on any atom is -0.313 e. The highest BCUT2D eigenvalue weighted by Crippen LogP contribution is 2.16.